The number of hydrogen-bond acceptors (Lipinski definition) is 7. The summed E-state index contributed by atoms with van der Waals surface area (Å²) in [6, 6.07) is 0. The third-order valence-electron chi connectivity index (χ3n) is 5.44. The van der Waals surface area contributed by atoms with E-state index in [1.54, 1.807) is 0 Å². The maximum Gasteiger partial charge on any atom is 0.472 e. The number of phosphoric acid groups is 1. The molecule has 0 saturated carbocycles. The fraction of sp³-hybridized carbons (Fsp3) is 0.786. The van der Waals surface area contributed by atoms with E-state index in [0.717, 1.165) is 44.9 Å². The quantitative estimate of drug-likeness (QED) is 0.0493. The van der Waals surface area contributed by atoms with Crippen molar-refractivity contribution >= 4 is 19.8 Å². The molecule has 0 heterocycles. The predicted octanol–water partition coefficient (Wildman–Crippen LogP) is 6.11. The molecule has 10 heteroatoms. The van der Waals surface area contributed by atoms with Crippen molar-refractivity contribution in [3.05, 3.63) is 24.3 Å². The number of allylic oxidation sites excluding steroid dienone is 4. The van der Waals surface area contributed by atoms with Gasteiger partial charge in [-0.05, 0) is 38.5 Å². The first-order valence-electron chi connectivity index (χ1n) is 14.1. The molecule has 0 rings (SSSR count). The van der Waals surface area contributed by atoms with Gasteiger partial charge >= 0.3 is 19.8 Å². The summed E-state index contributed by atoms with van der Waals surface area (Å²) in [5.41, 5.74) is 0. The number of hydrogen-bond donors (Lipinski definition) is 1. The number of ether oxygens (including phenoxy) is 2. The van der Waals surface area contributed by atoms with Gasteiger partial charge in [0.25, 0.3) is 0 Å². The molecule has 2 atom stereocenters. The van der Waals surface area contributed by atoms with E-state index in [1.165, 1.54) is 6.42 Å². The van der Waals surface area contributed by atoms with Crippen LogP contribution in [-0.4, -0.2) is 74.9 Å². The summed E-state index contributed by atoms with van der Waals surface area (Å²) in [5, 5.41) is 0. The molecule has 0 aliphatic rings. The lowest BCUT2D eigenvalue weighted by Crippen LogP contribution is -2.37. The lowest BCUT2D eigenvalue weighted by molar-refractivity contribution is -0.870. The average Bonchev–Trinajstić information content (AvgIpc) is 2.83. The number of likely N-dealkylation sites (N-methyl/N-ethyl adjacent to an activating group) is 1. The van der Waals surface area contributed by atoms with Crippen LogP contribution in [0.15, 0.2) is 24.3 Å². The zero-order valence-corrected chi connectivity index (χ0v) is 25.3. The van der Waals surface area contributed by atoms with Crippen molar-refractivity contribution in [2.75, 3.05) is 47.5 Å². The zero-order valence-electron chi connectivity index (χ0n) is 24.4. The normalized spacial score (nSPS) is 14.6. The number of esters is 2. The van der Waals surface area contributed by atoms with E-state index in [4.69, 9.17) is 18.5 Å². The summed E-state index contributed by atoms with van der Waals surface area (Å²) in [6.07, 6.45) is 18.2. The predicted molar refractivity (Wildman–Crippen MR) is 150 cm³/mol. The number of nitrogens with zero attached hydrogens (tertiary/aromatic N) is 1. The first-order valence-corrected chi connectivity index (χ1v) is 15.6. The Morgan fingerprint density at radius 1 is 0.816 bits per heavy atom. The van der Waals surface area contributed by atoms with Crippen LogP contribution >= 0.6 is 7.82 Å². The van der Waals surface area contributed by atoms with Crippen LogP contribution in [0.25, 0.3) is 0 Å². The molecular formula is C28H53NO8P+. The third-order valence-corrected chi connectivity index (χ3v) is 6.42. The lowest BCUT2D eigenvalue weighted by atomic mass is 10.1. The SMILES string of the molecule is CCC/C=C\C/C=C\CCCCCCCC(=O)OC(COC(=O)CCC)COP(=O)(O)OCC[N+](C)(C)C. The van der Waals surface area contributed by atoms with Crippen molar-refractivity contribution in [3.8, 4) is 0 Å². The fourth-order valence-corrected chi connectivity index (χ4v) is 3.94. The molecule has 0 radical (unpaired) electrons. The van der Waals surface area contributed by atoms with Crippen LogP contribution < -0.4 is 0 Å². The van der Waals surface area contributed by atoms with E-state index >= 15 is 0 Å². The minimum atomic E-state index is -4.34. The van der Waals surface area contributed by atoms with Crippen molar-refractivity contribution in [2.45, 2.75) is 97.0 Å². The Balaban J connectivity index is 4.34. The highest BCUT2D eigenvalue weighted by Crippen LogP contribution is 2.43. The first kappa shape index (κ1) is 36.5. The standard InChI is InChI=1S/C28H52NO8P/c1-6-8-9-10-11-12-13-14-15-16-17-18-19-21-28(31)37-26(24-34-27(30)20-7-2)25-36-38(32,33)35-23-22-29(3,4)5/h9-10,12-13,26H,6-8,11,14-25H2,1-5H3/p+1/b10-9-,13-12-. The van der Waals surface area contributed by atoms with Crippen LogP contribution in [0.1, 0.15) is 90.9 Å². The van der Waals surface area contributed by atoms with Gasteiger partial charge in [0.2, 0.25) is 0 Å². The number of carbonyl (C=O) groups is 2. The summed E-state index contributed by atoms with van der Waals surface area (Å²) in [6.45, 7) is 3.90. The maximum absolute atomic E-state index is 12.3. The van der Waals surface area contributed by atoms with Crippen LogP contribution in [0, 0.1) is 0 Å². The molecule has 0 spiro atoms. The molecule has 1 N–H and O–H groups in total. The van der Waals surface area contributed by atoms with E-state index in [0.29, 0.717) is 23.9 Å². The summed E-state index contributed by atoms with van der Waals surface area (Å²) < 4.78 is 33.3. The summed E-state index contributed by atoms with van der Waals surface area (Å²) in [7, 11) is 1.45. The van der Waals surface area contributed by atoms with Gasteiger partial charge < -0.3 is 18.9 Å². The lowest BCUT2D eigenvalue weighted by Gasteiger charge is -2.24. The molecule has 0 saturated heterocycles. The second kappa shape index (κ2) is 22.3. The van der Waals surface area contributed by atoms with Gasteiger partial charge in [-0.2, -0.15) is 0 Å². The third kappa shape index (κ3) is 24.8. The van der Waals surface area contributed by atoms with Crippen molar-refractivity contribution in [2.24, 2.45) is 0 Å². The van der Waals surface area contributed by atoms with Crippen LogP contribution in [0.4, 0.5) is 0 Å². The van der Waals surface area contributed by atoms with E-state index in [2.05, 4.69) is 31.2 Å². The smallest absolute Gasteiger partial charge is 0.462 e. The first-order chi connectivity index (χ1) is 18.0. The Bertz CT molecular complexity index is 733. The molecule has 0 fully saturated rings. The Hall–Kier alpha value is -1.51. The Labute approximate surface area is 230 Å². The molecule has 0 aromatic rings. The van der Waals surface area contributed by atoms with E-state index in [9.17, 15) is 19.0 Å². The van der Waals surface area contributed by atoms with E-state index in [-0.39, 0.29) is 26.1 Å². The monoisotopic (exact) mass is 562 g/mol. The summed E-state index contributed by atoms with van der Waals surface area (Å²) >= 11 is 0. The summed E-state index contributed by atoms with van der Waals surface area (Å²) in [4.78, 5) is 34.0. The van der Waals surface area contributed by atoms with Gasteiger partial charge in [0.1, 0.15) is 19.8 Å². The average molecular weight is 563 g/mol. The van der Waals surface area contributed by atoms with Gasteiger partial charge in [-0.15, -0.1) is 0 Å². The highest BCUT2D eigenvalue weighted by atomic mass is 31.2. The number of unbranched alkanes of at least 4 members (excludes halogenated alkanes) is 6. The number of rotatable bonds is 24. The summed E-state index contributed by atoms with van der Waals surface area (Å²) in [5.74, 6) is -0.884. The maximum atomic E-state index is 12.3. The number of carbonyl (C=O) groups excluding carboxylic acids is 2. The Morgan fingerprint density at radius 2 is 1.47 bits per heavy atom. The molecule has 0 aromatic carbocycles. The van der Waals surface area contributed by atoms with Gasteiger partial charge in [0, 0.05) is 12.8 Å². The molecule has 222 valence electrons. The molecule has 0 bridgehead atoms. The minimum absolute atomic E-state index is 0.0277. The van der Waals surface area contributed by atoms with Crippen molar-refractivity contribution < 1.29 is 42.1 Å². The second-order valence-electron chi connectivity index (χ2n) is 10.4. The van der Waals surface area contributed by atoms with Crippen molar-refractivity contribution in [3.63, 3.8) is 0 Å². The molecule has 9 nitrogen and oxygen atoms in total. The zero-order chi connectivity index (χ0) is 28.7. The Morgan fingerprint density at radius 3 is 2.13 bits per heavy atom. The van der Waals surface area contributed by atoms with Gasteiger partial charge in [0.05, 0.1) is 27.7 Å². The van der Waals surface area contributed by atoms with Crippen LogP contribution in [0.5, 0.6) is 0 Å². The van der Waals surface area contributed by atoms with E-state index in [1.807, 2.05) is 28.1 Å². The Kier molecular flexibility index (Phi) is 21.4. The van der Waals surface area contributed by atoms with Crippen molar-refractivity contribution in [1.29, 1.82) is 0 Å². The van der Waals surface area contributed by atoms with Gasteiger partial charge in [0.15, 0.2) is 6.10 Å². The van der Waals surface area contributed by atoms with Crippen LogP contribution in [0.2, 0.25) is 0 Å². The fourth-order valence-electron chi connectivity index (χ4n) is 3.20. The molecule has 38 heavy (non-hydrogen) atoms. The van der Waals surface area contributed by atoms with Crippen LogP contribution in [0.3, 0.4) is 0 Å². The van der Waals surface area contributed by atoms with Gasteiger partial charge in [-0.3, -0.25) is 18.6 Å². The molecular weight excluding hydrogens is 509 g/mol. The second-order valence-corrected chi connectivity index (χ2v) is 11.9. The highest BCUT2D eigenvalue weighted by Gasteiger charge is 2.26. The molecule has 2 unspecified atom stereocenters. The molecule has 0 aliphatic heterocycles. The molecule has 0 amide bonds. The van der Waals surface area contributed by atoms with E-state index < -0.39 is 32.5 Å². The number of quaternary nitrogens is 1. The van der Waals surface area contributed by atoms with Crippen LogP contribution in [-0.2, 0) is 32.7 Å². The van der Waals surface area contributed by atoms with Gasteiger partial charge in [-0.1, -0.05) is 63.8 Å². The topological polar surface area (TPSA) is 108 Å². The largest absolute Gasteiger partial charge is 0.472 e. The van der Waals surface area contributed by atoms with Crippen molar-refractivity contribution in [1.82, 2.24) is 0 Å². The highest BCUT2D eigenvalue weighted by molar-refractivity contribution is 7.47. The van der Waals surface area contributed by atoms with Gasteiger partial charge in [-0.25, -0.2) is 4.57 Å². The molecule has 0 aliphatic carbocycles. The number of phosphoric ester groups is 1. The minimum Gasteiger partial charge on any atom is -0.462 e. The molecule has 0 aromatic heterocycles.